The van der Waals surface area contributed by atoms with Crippen LogP contribution in [-0.2, 0) is 5.41 Å². The average molecular weight is 444 g/mol. The van der Waals surface area contributed by atoms with Crippen molar-refractivity contribution >= 4 is 50.1 Å². The van der Waals surface area contributed by atoms with Crippen LogP contribution in [0.1, 0.15) is 33.3 Å². The Morgan fingerprint density at radius 1 is 1.27 bits per heavy atom. The minimum Gasteiger partial charge on any atom is -0.352 e. The van der Waals surface area contributed by atoms with E-state index in [4.69, 9.17) is 11.6 Å². The molecule has 2 amide bonds. The lowest BCUT2D eigenvalue weighted by Gasteiger charge is -2.40. The Morgan fingerprint density at radius 2 is 2.07 bits per heavy atom. The van der Waals surface area contributed by atoms with Crippen molar-refractivity contribution in [3.8, 4) is 0 Å². The maximum atomic E-state index is 12.9. The van der Waals surface area contributed by atoms with Crippen LogP contribution in [0.25, 0.3) is 10.2 Å². The topological polar surface area (TPSA) is 61.4 Å². The molecule has 0 saturated carbocycles. The molecule has 1 fully saturated rings. The molecule has 1 atom stereocenters. The number of aromatic nitrogens is 2. The summed E-state index contributed by atoms with van der Waals surface area (Å²) in [6.45, 7) is 10.6. The predicted molar refractivity (Wildman–Crippen MR) is 125 cm³/mol. The van der Waals surface area contributed by atoms with Gasteiger partial charge in [-0.3, -0.25) is 5.32 Å². The third-order valence-electron chi connectivity index (χ3n) is 5.40. The number of piperazine rings is 1. The predicted octanol–water partition coefficient (Wildman–Crippen LogP) is 5.38. The summed E-state index contributed by atoms with van der Waals surface area (Å²) in [6.07, 6.45) is 1.74. The van der Waals surface area contributed by atoms with Crippen molar-refractivity contribution in [2.24, 2.45) is 0 Å². The number of fused-ring (bicyclic) bond motifs is 1. The standard InChI is InChI=1S/C22H26ClN5OS/c1-14-13-27(19-16(23)6-5-9-24-19)10-11-28(14)21(29)26-20-25-17-8-7-15(22(2,3)4)12-18(17)30-20/h5-9,12,14H,10-11,13H2,1-4H3,(H,25,26,29)/t14-/m1/s1. The largest absolute Gasteiger partial charge is 0.352 e. The molecule has 0 bridgehead atoms. The first-order valence-electron chi connectivity index (χ1n) is 10.1. The summed E-state index contributed by atoms with van der Waals surface area (Å²) < 4.78 is 1.08. The molecule has 8 heteroatoms. The second-order valence-electron chi connectivity index (χ2n) is 8.68. The molecule has 4 rings (SSSR count). The molecule has 0 radical (unpaired) electrons. The van der Waals surface area contributed by atoms with Gasteiger partial charge in [0.25, 0.3) is 0 Å². The highest BCUT2D eigenvalue weighted by atomic mass is 35.5. The van der Waals surface area contributed by atoms with Crippen LogP contribution in [0.4, 0.5) is 15.7 Å². The molecule has 1 aliphatic heterocycles. The number of hydrogen-bond donors (Lipinski definition) is 1. The van der Waals surface area contributed by atoms with Crippen molar-refractivity contribution in [2.75, 3.05) is 29.9 Å². The van der Waals surface area contributed by atoms with E-state index in [9.17, 15) is 4.79 Å². The number of anilines is 2. The number of hydrogen-bond acceptors (Lipinski definition) is 5. The van der Waals surface area contributed by atoms with Gasteiger partial charge in [-0.15, -0.1) is 0 Å². The van der Waals surface area contributed by atoms with Crippen molar-refractivity contribution < 1.29 is 4.79 Å². The number of rotatable bonds is 2. The van der Waals surface area contributed by atoms with Crippen LogP contribution < -0.4 is 10.2 Å². The van der Waals surface area contributed by atoms with Crippen LogP contribution in [0.5, 0.6) is 0 Å². The molecule has 1 aromatic carbocycles. The Hall–Kier alpha value is -2.38. The molecule has 3 heterocycles. The molecule has 30 heavy (non-hydrogen) atoms. The highest BCUT2D eigenvalue weighted by Gasteiger charge is 2.29. The highest BCUT2D eigenvalue weighted by Crippen LogP contribution is 2.31. The van der Waals surface area contributed by atoms with Crippen LogP contribution in [0, 0.1) is 0 Å². The van der Waals surface area contributed by atoms with Gasteiger partial charge in [0.2, 0.25) is 0 Å². The van der Waals surface area contributed by atoms with Gasteiger partial charge in [-0.1, -0.05) is 49.8 Å². The second kappa shape index (κ2) is 8.04. The van der Waals surface area contributed by atoms with Gasteiger partial charge in [-0.2, -0.15) is 0 Å². The summed E-state index contributed by atoms with van der Waals surface area (Å²) in [5, 5.41) is 4.25. The van der Waals surface area contributed by atoms with Crippen LogP contribution >= 0.6 is 22.9 Å². The van der Waals surface area contributed by atoms with Gasteiger partial charge in [0, 0.05) is 31.9 Å². The highest BCUT2D eigenvalue weighted by molar-refractivity contribution is 7.22. The number of amides is 2. The van der Waals surface area contributed by atoms with E-state index in [1.807, 2.05) is 30.0 Å². The van der Waals surface area contributed by atoms with Crippen LogP contribution in [0.15, 0.2) is 36.5 Å². The van der Waals surface area contributed by atoms with Crippen LogP contribution in [0.2, 0.25) is 5.02 Å². The minimum atomic E-state index is -0.121. The summed E-state index contributed by atoms with van der Waals surface area (Å²) in [5.74, 6) is 0.770. The van der Waals surface area contributed by atoms with Crippen molar-refractivity contribution in [3.05, 3.63) is 47.1 Å². The van der Waals surface area contributed by atoms with E-state index in [0.717, 1.165) is 16.0 Å². The zero-order valence-electron chi connectivity index (χ0n) is 17.6. The quantitative estimate of drug-likeness (QED) is 0.577. The van der Waals surface area contributed by atoms with E-state index in [2.05, 4.69) is 53.1 Å². The average Bonchev–Trinajstić information content (AvgIpc) is 3.08. The number of nitrogens with one attached hydrogen (secondary N) is 1. The summed E-state index contributed by atoms with van der Waals surface area (Å²) in [4.78, 5) is 25.9. The van der Waals surface area contributed by atoms with Crippen molar-refractivity contribution in [3.63, 3.8) is 0 Å². The third-order valence-corrected chi connectivity index (χ3v) is 6.62. The van der Waals surface area contributed by atoms with Crippen molar-refractivity contribution in [2.45, 2.75) is 39.2 Å². The molecule has 6 nitrogen and oxygen atoms in total. The summed E-state index contributed by atoms with van der Waals surface area (Å²) in [5.41, 5.74) is 2.24. The fraction of sp³-hybridized carbons (Fsp3) is 0.409. The normalized spacial score (nSPS) is 17.4. The Morgan fingerprint density at radius 3 is 2.77 bits per heavy atom. The Bertz CT molecular complexity index is 1080. The number of halogens is 1. The molecule has 0 aliphatic carbocycles. The maximum Gasteiger partial charge on any atom is 0.324 e. The molecule has 3 aromatic rings. The van der Waals surface area contributed by atoms with E-state index in [0.29, 0.717) is 29.8 Å². The van der Waals surface area contributed by atoms with E-state index in [1.165, 1.54) is 16.9 Å². The summed E-state index contributed by atoms with van der Waals surface area (Å²) in [7, 11) is 0. The fourth-order valence-electron chi connectivity index (χ4n) is 3.67. The van der Waals surface area contributed by atoms with Gasteiger partial charge in [0.1, 0.15) is 5.82 Å². The first-order valence-corrected chi connectivity index (χ1v) is 11.3. The molecule has 1 saturated heterocycles. The molecular weight excluding hydrogens is 418 g/mol. The van der Waals surface area contributed by atoms with Crippen LogP contribution in [0.3, 0.4) is 0 Å². The van der Waals surface area contributed by atoms with E-state index in [-0.39, 0.29) is 17.5 Å². The number of nitrogens with zero attached hydrogens (tertiary/aromatic N) is 4. The Kier molecular flexibility index (Phi) is 5.59. The Balaban J connectivity index is 1.45. The van der Waals surface area contributed by atoms with E-state index >= 15 is 0 Å². The summed E-state index contributed by atoms with van der Waals surface area (Å²) in [6, 6.07) is 9.87. The molecule has 2 aromatic heterocycles. The number of benzene rings is 1. The van der Waals surface area contributed by atoms with Crippen molar-refractivity contribution in [1.82, 2.24) is 14.9 Å². The Labute approximate surface area is 185 Å². The zero-order valence-corrected chi connectivity index (χ0v) is 19.2. The number of carbonyl (C=O) groups excluding carboxylic acids is 1. The molecule has 158 valence electrons. The zero-order chi connectivity index (χ0) is 21.5. The second-order valence-corrected chi connectivity index (χ2v) is 10.1. The molecular formula is C22H26ClN5OS. The van der Waals surface area contributed by atoms with E-state index < -0.39 is 0 Å². The summed E-state index contributed by atoms with van der Waals surface area (Å²) >= 11 is 7.80. The lowest BCUT2D eigenvalue weighted by molar-refractivity contribution is 0.184. The van der Waals surface area contributed by atoms with Gasteiger partial charge < -0.3 is 9.80 Å². The fourth-order valence-corrected chi connectivity index (χ4v) is 4.81. The number of urea groups is 1. The number of pyridine rings is 1. The van der Waals surface area contributed by atoms with Gasteiger partial charge >= 0.3 is 6.03 Å². The maximum absolute atomic E-state index is 12.9. The number of carbonyl (C=O) groups is 1. The van der Waals surface area contributed by atoms with Crippen molar-refractivity contribution in [1.29, 1.82) is 0 Å². The lowest BCUT2D eigenvalue weighted by Crippen LogP contribution is -2.55. The van der Waals surface area contributed by atoms with Gasteiger partial charge in [0.15, 0.2) is 5.13 Å². The van der Waals surface area contributed by atoms with Crippen LogP contribution in [-0.4, -0.2) is 46.6 Å². The van der Waals surface area contributed by atoms with E-state index in [1.54, 1.807) is 6.20 Å². The first kappa shape index (κ1) is 20.9. The molecule has 0 unspecified atom stereocenters. The molecule has 0 spiro atoms. The smallest absolute Gasteiger partial charge is 0.324 e. The first-order chi connectivity index (χ1) is 14.2. The van der Waals surface area contributed by atoms with Gasteiger partial charge in [-0.05, 0) is 42.2 Å². The number of thiazole rings is 1. The van der Waals surface area contributed by atoms with Gasteiger partial charge in [-0.25, -0.2) is 14.8 Å². The molecule has 1 aliphatic rings. The molecule has 1 N–H and O–H groups in total. The monoisotopic (exact) mass is 443 g/mol. The SMILES string of the molecule is C[C@@H]1CN(c2ncccc2Cl)CCN1C(=O)Nc1nc2ccc(C(C)(C)C)cc2s1. The minimum absolute atomic E-state index is 0.0266. The third kappa shape index (κ3) is 4.23. The van der Waals surface area contributed by atoms with Gasteiger partial charge in [0.05, 0.1) is 15.2 Å². The lowest BCUT2D eigenvalue weighted by atomic mass is 9.87.